The third-order valence-corrected chi connectivity index (χ3v) is 2.70. The zero-order valence-corrected chi connectivity index (χ0v) is 10.0. The van der Waals surface area contributed by atoms with Crippen LogP contribution in [-0.2, 0) is 0 Å². The lowest BCUT2D eigenvalue weighted by atomic mass is 10.0. The number of unbranched alkanes of at least 4 members (excludes halogenated alkanes) is 6. The minimum Gasteiger partial charge on any atom is -0.412 e. The molecule has 2 nitrogen and oxygen atoms in total. The van der Waals surface area contributed by atoms with E-state index in [9.17, 15) is 0 Å². The first-order chi connectivity index (χ1) is 6.31. The van der Waals surface area contributed by atoms with E-state index in [1.807, 2.05) is 0 Å². The minimum atomic E-state index is 0. The Hall–Kier alpha value is -0.0800. The summed E-state index contributed by atoms with van der Waals surface area (Å²) in [4.78, 5) is 0. The van der Waals surface area contributed by atoms with E-state index in [4.69, 9.17) is 5.73 Å². The normalized spacial score (nSPS) is 12.2. The highest BCUT2D eigenvalue weighted by Gasteiger charge is 1.97. The molecule has 14 heavy (non-hydrogen) atoms. The van der Waals surface area contributed by atoms with Crippen LogP contribution >= 0.6 is 0 Å². The van der Waals surface area contributed by atoms with Crippen molar-refractivity contribution in [3.8, 4) is 0 Å². The maximum atomic E-state index is 5.84. The van der Waals surface area contributed by atoms with Gasteiger partial charge in [0.2, 0.25) is 0 Å². The van der Waals surface area contributed by atoms with Crippen molar-refractivity contribution >= 4 is 0 Å². The maximum Gasteiger partial charge on any atom is 0.00362 e. The molecular weight excluding hydrogens is 174 g/mol. The van der Waals surface area contributed by atoms with Crippen molar-refractivity contribution in [3.63, 3.8) is 0 Å². The van der Waals surface area contributed by atoms with Crippen molar-refractivity contribution in [3.05, 3.63) is 0 Å². The Bertz CT molecular complexity index is 96.3. The predicted molar refractivity (Wildman–Crippen MR) is 64.5 cm³/mol. The van der Waals surface area contributed by atoms with Crippen molar-refractivity contribution < 1.29 is 5.48 Å². The second-order valence-corrected chi connectivity index (χ2v) is 4.08. The van der Waals surface area contributed by atoms with Crippen LogP contribution in [0.15, 0.2) is 0 Å². The Kier molecular flexibility index (Phi) is 15.1. The topological polar surface area (TPSA) is 57.5 Å². The molecule has 0 aliphatic heterocycles. The zero-order chi connectivity index (χ0) is 9.94. The van der Waals surface area contributed by atoms with Crippen LogP contribution in [0, 0.1) is 0 Å². The second-order valence-electron chi connectivity index (χ2n) is 4.08. The highest BCUT2D eigenvalue weighted by Crippen LogP contribution is 2.09. The molecule has 0 amide bonds. The summed E-state index contributed by atoms with van der Waals surface area (Å²) in [5, 5.41) is 0. The first kappa shape index (κ1) is 16.4. The summed E-state index contributed by atoms with van der Waals surface area (Å²) < 4.78 is 0. The Morgan fingerprint density at radius 3 is 1.86 bits per heavy atom. The summed E-state index contributed by atoms with van der Waals surface area (Å²) in [6, 6.07) is 0.454. The summed E-state index contributed by atoms with van der Waals surface area (Å²) >= 11 is 0. The van der Waals surface area contributed by atoms with Gasteiger partial charge in [-0.05, 0) is 12.8 Å². The minimum absolute atomic E-state index is 0. The summed E-state index contributed by atoms with van der Waals surface area (Å²) in [5.41, 5.74) is 5.84. The monoisotopic (exact) mass is 203 g/mol. The van der Waals surface area contributed by atoms with Crippen LogP contribution in [0.25, 0.3) is 0 Å². The molecular formula is C12H29NO. The summed E-state index contributed by atoms with van der Waals surface area (Å²) in [6.45, 7) is 4.44. The molecule has 0 aromatic carbocycles. The van der Waals surface area contributed by atoms with Gasteiger partial charge in [0.1, 0.15) is 0 Å². The quantitative estimate of drug-likeness (QED) is 0.575. The van der Waals surface area contributed by atoms with Gasteiger partial charge in [-0.25, -0.2) is 0 Å². The molecule has 1 atom stereocenters. The molecule has 0 heterocycles. The van der Waals surface area contributed by atoms with Gasteiger partial charge in [0.05, 0.1) is 0 Å². The largest absolute Gasteiger partial charge is 0.412 e. The third kappa shape index (κ3) is 11.9. The number of nitrogens with two attached hydrogens (primary N) is 1. The average Bonchev–Trinajstić information content (AvgIpc) is 2.16. The van der Waals surface area contributed by atoms with Crippen LogP contribution in [0.1, 0.15) is 71.6 Å². The molecule has 88 valence electrons. The van der Waals surface area contributed by atoms with Gasteiger partial charge in [0.25, 0.3) is 0 Å². The maximum absolute atomic E-state index is 5.84. The second kappa shape index (κ2) is 12.9. The highest BCUT2D eigenvalue weighted by molar-refractivity contribution is 4.57. The van der Waals surface area contributed by atoms with E-state index >= 15 is 0 Å². The zero-order valence-electron chi connectivity index (χ0n) is 10.0. The highest BCUT2D eigenvalue weighted by atomic mass is 16.0. The van der Waals surface area contributed by atoms with Gasteiger partial charge in [-0.2, -0.15) is 0 Å². The SMILES string of the molecule is CCCCCCCCCC(N)CC.O. The van der Waals surface area contributed by atoms with Gasteiger partial charge < -0.3 is 11.2 Å². The molecule has 0 aliphatic carbocycles. The molecule has 0 aromatic rings. The van der Waals surface area contributed by atoms with Crippen molar-refractivity contribution in [2.45, 2.75) is 77.7 Å². The molecule has 0 saturated carbocycles. The molecule has 0 spiro atoms. The fourth-order valence-corrected chi connectivity index (χ4v) is 1.57. The Morgan fingerprint density at radius 1 is 0.857 bits per heavy atom. The first-order valence-corrected chi connectivity index (χ1v) is 6.06. The lowest BCUT2D eigenvalue weighted by Crippen LogP contribution is -2.17. The first-order valence-electron chi connectivity index (χ1n) is 6.06. The standard InChI is InChI=1S/C12H27N.H2O/c1-3-5-6-7-8-9-10-11-12(13)4-2;/h12H,3-11,13H2,1-2H3;1H2. The Labute approximate surface area is 89.6 Å². The van der Waals surface area contributed by atoms with Crippen LogP contribution in [0.5, 0.6) is 0 Å². The van der Waals surface area contributed by atoms with Gasteiger partial charge in [0.15, 0.2) is 0 Å². The van der Waals surface area contributed by atoms with E-state index in [0.29, 0.717) is 6.04 Å². The smallest absolute Gasteiger partial charge is 0.00362 e. The van der Waals surface area contributed by atoms with E-state index in [2.05, 4.69) is 13.8 Å². The Balaban J connectivity index is 0. The molecule has 0 aliphatic rings. The molecule has 0 aromatic heterocycles. The van der Waals surface area contributed by atoms with Crippen molar-refractivity contribution in [1.82, 2.24) is 0 Å². The molecule has 0 rings (SSSR count). The van der Waals surface area contributed by atoms with Gasteiger partial charge >= 0.3 is 0 Å². The van der Waals surface area contributed by atoms with E-state index in [-0.39, 0.29) is 5.48 Å². The van der Waals surface area contributed by atoms with E-state index in [0.717, 1.165) is 6.42 Å². The molecule has 1 unspecified atom stereocenters. The molecule has 0 bridgehead atoms. The van der Waals surface area contributed by atoms with E-state index < -0.39 is 0 Å². The molecule has 4 N–H and O–H groups in total. The average molecular weight is 203 g/mol. The van der Waals surface area contributed by atoms with Crippen molar-refractivity contribution in [1.29, 1.82) is 0 Å². The van der Waals surface area contributed by atoms with Gasteiger partial charge in [-0.3, -0.25) is 0 Å². The Morgan fingerprint density at radius 2 is 1.36 bits per heavy atom. The predicted octanol–water partition coefficient (Wildman–Crippen LogP) is 3.04. The van der Waals surface area contributed by atoms with Gasteiger partial charge in [-0.1, -0.05) is 58.8 Å². The van der Waals surface area contributed by atoms with Crippen LogP contribution in [0.3, 0.4) is 0 Å². The lowest BCUT2D eigenvalue weighted by molar-refractivity contribution is 0.522. The van der Waals surface area contributed by atoms with Crippen molar-refractivity contribution in [2.75, 3.05) is 0 Å². The molecule has 0 radical (unpaired) electrons. The molecule has 0 saturated heterocycles. The molecule has 0 fully saturated rings. The number of rotatable bonds is 9. The van der Waals surface area contributed by atoms with Crippen LogP contribution in [0.4, 0.5) is 0 Å². The van der Waals surface area contributed by atoms with Gasteiger partial charge in [-0.15, -0.1) is 0 Å². The summed E-state index contributed by atoms with van der Waals surface area (Å²) in [5.74, 6) is 0. The van der Waals surface area contributed by atoms with Crippen molar-refractivity contribution in [2.24, 2.45) is 5.73 Å². The van der Waals surface area contributed by atoms with E-state index in [1.165, 1.54) is 51.4 Å². The summed E-state index contributed by atoms with van der Waals surface area (Å²) in [7, 11) is 0. The van der Waals surface area contributed by atoms with E-state index in [1.54, 1.807) is 0 Å². The van der Waals surface area contributed by atoms with Crippen LogP contribution in [0.2, 0.25) is 0 Å². The van der Waals surface area contributed by atoms with Gasteiger partial charge in [0, 0.05) is 6.04 Å². The third-order valence-electron chi connectivity index (χ3n) is 2.70. The number of hydrogen-bond acceptors (Lipinski definition) is 1. The lowest BCUT2D eigenvalue weighted by Gasteiger charge is -2.07. The molecule has 2 heteroatoms. The summed E-state index contributed by atoms with van der Waals surface area (Å²) in [6.07, 6.45) is 12.1. The fourth-order valence-electron chi connectivity index (χ4n) is 1.57. The van der Waals surface area contributed by atoms with Crippen LogP contribution in [-0.4, -0.2) is 11.5 Å². The fraction of sp³-hybridized carbons (Fsp3) is 1.00. The number of hydrogen-bond donors (Lipinski definition) is 1. The van der Waals surface area contributed by atoms with Crippen LogP contribution < -0.4 is 5.73 Å².